The molecule has 1 aliphatic rings. The van der Waals surface area contributed by atoms with Crippen LogP contribution in [0.25, 0.3) is 0 Å². The van der Waals surface area contributed by atoms with Crippen LogP contribution in [0.4, 0.5) is 0 Å². The Bertz CT molecular complexity index is 747. The minimum Gasteiger partial charge on any atom is -0.454 e. The van der Waals surface area contributed by atoms with Crippen LogP contribution in [-0.2, 0) is 11.2 Å². The molecule has 140 valence electrons. The van der Waals surface area contributed by atoms with Gasteiger partial charge in [0, 0.05) is 12.6 Å². The van der Waals surface area contributed by atoms with Gasteiger partial charge in [0.25, 0.3) is 0 Å². The van der Waals surface area contributed by atoms with E-state index < -0.39 is 0 Å². The largest absolute Gasteiger partial charge is 0.454 e. The van der Waals surface area contributed by atoms with Gasteiger partial charge in [-0.05, 0) is 34.7 Å². The van der Waals surface area contributed by atoms with E-state index in [4.69, 9.17) is 15.2 Å². The van der Waals surface area contributed by atoms with Crippen LogP contribution in [0.5, 0.6) is 11.5 Å². The van der Waals surface area contributed by atoms with Gasteiger partial charge >= 0.3 is 0 Å². The van der Waals surface area contributed by atoms with Gasteiger partial charge in [0.2, 0.25) is 12.7 Å². The third kappa shape index (κ3) is 4.90. The summed E-state index contributed by atoms with van der Waals surface area (Å²) >= 11 is 0. The molecule has 0 spiro atoms. The fourth-order valence-electron chi connectivity index (χ4n) is 2.77. The summed E-state index contributed by atoms with van der Waals surface area (Å²) in [4.78, 5) is 12.2. The molecule has 2 aromatic rings. The first-order valence-electron chi connectivity index (χ1n) is 8.53. The van der Waals surface area contributed by atoms with Crippen molar-refractivity contribution in [2.24, 2.45) is 5.73 Å². The zero-order chi connectivity index (χ0) is 17.8. The first-order valence-corrected chi connectivity index (χ1v) is 8.53. The Morgan fingerprint density at radius 3 is 2.42 bits per heavy atom. The van der Waals surface area contributed by atoms with E-state index in [0.717, 1.165) is 16.9 Å². The van der Waals surface area contributed by atoms with Gasteiger partial charge in [-0.2, -0.15) is 0 Å². The molecule has 1 heterocycles. The zero-order valence-electron chi connectivity index (χ0n) is 15.0. The van der Waals surface area contributed by atoms with E-state index in [0.29, 0.717) is 18.2 Å². The maximum atomic E-state index is 12.2. The molecule has 1 atom stereocenters. The Morgan fingerprint density at radius 1 is 1.08 bits per heavy atom. The lowest BCUT2D eigenvalue weighted by Crippen LogP contribution is -2.32. The van der Waals surface area contributed by atoms with Crippen molar-refractivity contribution in [3.63, 3.8) is 0 Å². The van der Waals surface area contributed by atoms with Crippen molar-refractivity contribution in [2.45, 2.75) is 32.2 Å². The highest BCUT2D eigenvalue weighted by atomic mass is 35.5. The fraction of sp³-hybridized carbons (Fsp3) is 0.350. The number of carbonyl (C=O) groups is 1. The molecule has 1 amide bonds. The average molecular weight is 377 g/mol. The third-order valence-electron chi connectivity index (χ3n) is 4.35. The second kappa shape index (κ2) is 8.92. The van der Waals surface area contributed by atoms with E-state index in [1.165, 1.54) is 5.56 Å². The number of carbonyl (C=O) groups excluding carboxylic acids is 1. The second-order valence-electron chi connectivity index (χ2n) is 6.60. The van der Waals surface area contributed by atoms with Crippen LogP contribution in [0.3, 0.4) is 0 Å². The summed E-state index contributed by atoms with van der Waals surface area (Å²) in [5, 5.41) is 2.90. The molecule has 0 aliphatic carbocycles. The third-order valence-corrected chi connectivity index (χ3v) is 4.35. The summed E-state index contributed by atoms with van der Waals surface area (Å²) < 4.78 is 10.6. The van der Waals surface area contributed by atoms with Crippen LogP contribution < -0.4 is 20.5 Å². The van der Waals surface area contributed by atoms with E-state index in [1.54, 1.807) is 0 Å². The molecule has 3 N–H and O–H groups in total. The Kier molecular flexibility index (Phi) is 6.89. The molecule has 0 saturated heterocycles. The minimum absolute atomic E-state index is 0. The quantitative estimate of drug-likeness (QED) is 0.811. The van der Waals surface area contributed by atoms with Gasteiger partial charge in [0.1, 0.15) is 0 Å². The van der Waals surface area contributed by atoms with Gasteiger partial charge in [-0.25, -0.2) is 0 Å². The summed E-state index contributed by atoms with van der Waals surface area (Å²) in [5.41, 5.74) is 9.37. The van der Waals surface area contributed by atoms with Crippen LogP contribution in [0, 0.1) is 0 Å². The number of nitrogens with two attached hydrogens (primary N) is 1. The van der Waals surface area contributed by atoms with E-state index >= 15 is 0 Å². The number of amides is 1. The number of halogens is 1. The molecule has 0 saturated carbocycles. The SMILES string of the molecule is CC(C)c1ccc(C(N)CNC(=O)Cc2ccc3c(c2)OCO3)cc1.Cl. The number of rotatable bonds is 6. The van der Waals surface area contributed by atoms with E-state index in [2.05, 4.69) is 31.3 Å². The molecule has 0 radical (unpaired) electrons. The van der Waals surface area contributed by atoms with Gasteiger partial charge in [0.05, 0.1) is 6.42 Å². The monoisotopic (exact) mass is 376 g/mol. The molecule has 0 bridgehead atoms. The summed E-state index contributed by atoms with van der Waals surface area (Å²) in [5.74, 6) is 1.84. The molecule has 26 heavy (non-hydrogen) atoms. The predicted octanol–water partition coefficient (Wildman–Crippen LogP) is 3.32. The molecule has 0 aromatic heterocycles. The zero-order valence-corrected chi connectivity index (χ0v) is 15.8. The predicted molar refractivity (Wildman–Crippen MR) is 104 cm³/mol. The number of hydrogen-bond donors (Lipinski definition) is 2. The van der Waals surface area contributed by atoms with Crippen molar-refractivity contribution in [1.82, 2.24) is 5.32 Å². The maximum absolute atomic E-state index is 12.2. The average Bonchev–Trinajstić information content (AvgIpc) is 3.07. The number of ether oxygens (including phenoxy) is 2. The van der Waals surface area contributed by atoms with Crippen molar-refractivity contribution in [3.05, 3.63) is 59.2 Å². The van der Waals surface area contributed by atoms with Gasteiger partial charge in [0.15, 0.2) is 11.5 Å². The minimum atomic E-state index is -0.220. The van der Waals surface area contributed by atoms with Crippen molar-refractivity contribution in [1.29, 1.82) is 0 Å². The lowest BCUT2D eigenvalue weighted by molar-refractivity contribution is -0.120. The van der Waals surface area contributed by atoms with Gasteiger partial charge in [-0.15, -0.1) is 12.4 Å². The Balaban J connectivity index is 0.00000243. The highest BCUT2D eigenvalue weighted by Crippen LogP contribution is 2.32. The molecule has 3 rings (SSSR count). The Hall–Kier alpha value is -2.24. The van der Waals surface area contributed by atoms with Crippen molar-refractivity contribution >= 4 is 18.3 Å². The van der Waals surface area contributed by atoms with Gasteiger partial charge in [-0.1, -0.05) is 44.2 Å². The van der Waals surface area contributed by atoms with Gasteiger partial charge in [-0.3, -0.25) is 4.79 Å². The highest BCUT2D eigenvalue weighted by molar-refractivity contribution is 5.85. The molecular formula is C20H25ClN2O3. The van der Waals surface area contributed by atoms with E-state index in [9.17, 15) is 4.79 Å². The summed E-state index contributed by atoms with van der Waals surface area (Å²) in [6.07, 6.45) is 0.287. The first kappa shape index (κ1) is 20.1. The number of fused-ring (bicyclic) bond motifs is 1. The number of nitrogens with one attached hydrogen (secondary N) is 1. The van der Waals surface area contributed by atoms with Crippen molar-refractivity contribution < 1.29 is 14.3 Å². The van der Waals surface area contributed by atoms with Crippen LogP contribution in [0.2, 0.25) is 0 Å². The standard InChI is InChI=1S/C20H24N2O3.ClH/c1-13(2)15-4-6-16(7-5-15)17(21)11-22-20(23)10-14-3-8-18-19(9-14)25-12-24-18;/h3-9,13,17H,10-12,21H2,1-2H3,(H,22,23);1H. The van der Waals surface area contributed by atoms with Crippen molar-refractivity contribution in [3.8, 4) is 11.5 Å². The second-order valence-corrected chi connectivity index (χ2v) is 6.60. The molecule has 0 fully saturated rings. The lowest BCUT2D eigenvalue weighted by Gasteiger charge is -2.14. The van der Waals surface area contributed by atoms with Crippen LogP contribution in [0.15, 0.2) is 42.5 Å². The van der Waals surface area contributed by atoms with E-state index in [-0.39, 0.29) is 37.6 Å². The molecule has 1 aliphatic heterocycles. The lowest BCUT2D eigenvalue weighted by atomic mass is 9.99. The molecule has 6 heteroatoms. The van der Waals surface area contributed by atoms with Crippen LogP contribution >= 0.6 is 12.4 Å². The molecule has 5 nitrogen and oxygen atoms in total. The molecule has 1 unspecified atom stereocenters. The summed E-state index contributed by atoms with van der Waals surface area (Å²) in [6.45, 7) is 4.95. The Morgan fingerprint density at radius 2 is 1.73 bits per heavy atom. The first-order chi connectivity index (χ1) is 12.0. The molecule has 2 aromatic carbocycles. The topological polar surface area (TPSA) is 73.6 Å². The van der Waals surface area contributed by atoms with Crippen molar-refractivity contribution in [2.75, 3.05) is 13.3 Å². The molecular weight excluding hydrogens is 352 g/mol. The number of benzene rings is 2. The van der Waals surface area contributed by atoms with Gasteiger partial charge < -0.3 is 20.5 Å². The highest BCUT2D eigenvalue weighted by Gasteiger charge is 2.15. The van der Waals surface area contributed by atoms with Crippen LogP contribution in [-0.4, -0.2) is 19.2 Å². The number of hydrogen-bond acceptors (Lipinski definition) is 4. The smallest absolute Gasteiger partial charge is 0.231 e. The summed E-state index contributed by atoms with van der Waals surface area (Å²) in [6, 6.07) is 13.6. The van der Waals surface area contributed by atoms with Crippen LogP contribution in [0.1, 0.15) is 42.5 Å². The normalized spacial score (nSPS) is 13.2. The summed E-state index contributed by atoms with van der Waals surface area (Å²) in [7, 11) is 0. The Labute approximate surface area is 160 Å². The fourth-order valence-corrected chi connectivity index (χ4v) is 2.77. The maximum Gasteiger partial charge on any atom is 0.231 e. The van der Waals surface area contributed by atoms with E-state index in [1.807, 2.05) is 30.3 Å².